The van der Waals surface area contributed by atoms with Crippen LogP contribution in [0.4, 0.5) is 0 Å². The van der Waals surface area contributed by atoms with Gasteiger partial charge >= 0.3 is 0 Å². The summed E-state index contributed by atoms with van der Waals surface area (Å²) in [5.41, 5.74) is 3.06. The molecule has 2 heterocycles. The number of β-amino-alcohol motifs (C(OH)–C–C–N with tert-alkyl or cyclic N) is 1. The fourth-order valence-electron chi connectivity index (χ4n) is 3.30. The molecule has 1 saturated heterocycles. The number of aromatic nitrogens is 2. The summed E-state index contributed by atoms with van der Waals surface area (Å²) in [6.45, 7) is 8.60. The number of piperidine rings is 1. The number of likely N-dealkylation sites (tertiary alicyclic amines) is 1. The summed E-state index contributed by atoms with van der Waals surface area (Å²) in [6.07, 6.45) is 2.29. The Morgan fingerprint density at radius 2 is 2.20 bits per heavy atom. The van der Waals surface area contributed by atoms with Gasteiger partial charge in [-0.1, -0.05) is 13.3 Å². The number of rotatable bonds is 5. The largest absolute Gasteiger partial charge is 0.396 e. The summed E-state index contributed by atoms with van der Waals surface area (Å²) in [7, 11) is 0. The highest BCUT2D eigenvalue weighted by Crippen LogP contribution is 2.36. The van der Waals surface area contributed by atoms with E-state index >= 15 is 0 Å². The van der Waals surface area contributed by atoms with E-state index in [0.29, 0.717) is 6.54 Å². The average Bonchev–Trinajstić information content (AvgIpc) is 2.74. The monoisotopic (exact) mass is 281 g/mol. The lowest BCUT2D eigenvalue weighted by atomic mass is 9.73. The van der Waals surface area contributed by atoms with E-state index in [-0.39, 0.29) is 12.0 Å². The molecular weight excluding hydrogens is 254 g/mol. The molecule has 0 bridgehead atoms. The number of nitrogens with zero attached hydrogens (tertiary/aromatic N) is 2. The van der Waals surface area contributed by atoms with Crippen molar-refractivity contribution in [3.8, 4) is 0 Å². The van der Waals surface area contributed by atoms with Crippen LogP contribution in [0.3, 0.4) is 0 Å². The van der Waals surface area contributed by atoms with Gasteiger partial charge < -0.3 is 10.2 Å². The van der Waals surface area contributed by atoms with Crippen LogP contribution in [0, 0.1) is 19.3 Å². The first-order valence-electron chi connectivity index (χ1n) is 7.54. The highest BCUT2D eigenvalue weighted by molar-refractivity contribution is 5.23. The van der Waals surface area contributed by atoms with E-state index in [2.05, 4.69) is 22.0 Å². The second kappa shape index (κ2) is 6.24. The number of H-pyrrole nitrogens is 1. The fourth-order valence-corrected chi connectivity index (χ4v) is 3.30. The van der Waals surface area contributed by atoms with E-state index in [4.69, 9.17) is 0 Å². The Hall–Kier alpha value is -0.910. The molecule has 5 heteroatoms. The predicted molar refractivity (Wildman–Crippen MR) is 78.4 cm³/mol. The number of aryl methyl sites for hydroxylation is 2. The third kappa shape index (κ3) is 2.90. The summed E-state index contributed by atoms with van der Waals surface area (Å²) in [5.74, 6) is 0. The zero-order valence-electron chi connectivity index (χ0n) is 12.8. The molecule has 1 aliphatic rings. The van der Waals surface area contributed by atoms with Crippen molar-refractivity contribution in [1.82, 2.24) is 15.1 Å². The minimum absolute atomic E-state index is 0.0829. The van der Waals surface area contributed by atoms with Crippen molar-refractivity contribution < 1.29 is 10.2 Å². The van der Waals surface area contributed by atoms with Crippen molar-refractivity contribution in [1.29, 1.82) is 0 Å². The molecule has 2 atom stereocenters. The van der Waals surface area contributed by atoms with Crippen LogP contribution in [0.25, 0.3) is 0 Å². The van der Waals surface area contributed by atoms with Crippen LogP contribution in [-0.2, 0) is 6.54 Å². The lowest BCUT2D eigenvalue weighted by molar-refractivity contribution is -0.0803. The van der Waals surface area contributed by atoms with Crippen LogP contribution in [0.2, 0.25) is 0 Å². The Bertz CT molecular complexity index is 427. The SMILES string of the molecule is CCC[C@]1(CO)CCN(Cc2c(C)n[nH]c2C)C[C@H]1O. The Kier molecular flexibility index (Phi) is 4.83. The minimum Gasteiger partial charge on any atom is -0.396 e. The fraction of sp³-hybridized carbons (Fsp3) is 0.800. The van der Waals surface area contributed by atoms with Crippen molar-refractivity contribution >= 4 is 0 Å². The van der Waals surface area contributed by atoms with Gasteiger partial charge in [0, 0.05) is 29.8 Å². The molecule has 0 aromatic carbocycles. The van der Waals surface area contributed by atoms with E-state index < -0.39 is 6.10 Å². The number of aliphatic hydroxyl groups excluding tert-OH is 2. The van der Waals surface area contributed by atoms with Gasteiger partial charge in [-0.3, -0.25) is 10.00 Å². The van der Waals surface area contributed by atoms with Gasteiger partial charge in [0.15, 0.2) is 0 Å². The van der Waals surface area contributed by atoms with Gasteiger partial charge in [0.25, 0.3) is 0 Å². The summed E-state index contributed by atoms with van der Waals surface area (Å²) in [6, 6.07) is 0. The number of aromatic amines is 1. The maximum atomic E-state index is 10.5. The molecule has 2 rings (SSSR count). The number of nitrogens with one attached hydrogen (secondary N) is 1. The number of aliphatic hydroxyl groups is 2. The molecule has 1 fully saturated rings. The molecule has 0 amide bonds. The first kappa shape index (κ1) is 15.5. The minimum atomic E-state index is -0.450. The quantitative estimate of drug-likeness (QED) is 0.762. The van der Waals surface area contributed by atoms with Crippen molar-refractivity contribution in [2.45, 2.75) is 52.7 Å². The molecule has 1 aromatic heterocycles. The maximum absolute atomic E-state index is 10.5. The molecule has 5 nitrogen and oxygen atoms in total. The summed E-state index contributed by atoms with van der Waals surface area (Å²) in [5, 5.41) is 27.4. The Labute approximate surface area is 121 Å². The molecule has 114 valence electrons. The van der Waals surface area contributed by atoms with Gasteiger partial charge in [0.05, 0.1) is 18.4 Å². The standard InChI is InChI=1S/C15H27N3O2/c1-4-5-15(10-19)6-7-18(9-14(15)20)8-13-11(2)16-17-12(13)3/h14,19-20H,4-10H2,1-3H3,(H,16,17)/t14-,15-/m1/s1. The van der Waals surface area contributed by atoms with Gasteiger partial charge in [-0.2, -0.15) is 5.10 Å². The van der Waals surface area contributed by atoms with Crippen LogP contribution in [0.15, 0.2) is 0 Å². The first-order valence-corrected chi connectivity index (χ1v) is 7.54. The molecule has 3 N–H and O–H groups in total. The molecule has 0 unspecified atom stereocenters. The van der Waals surface area contributed by atoms with Crippen molar-refractivity contribution in [3.05, 3.63) is 17.0 Å². The lowest BCUT2D eigenvalue weighted by Crippen LogP contribution is -2.52. The Morgan fingerprint density at radius 1 is 1.45 bits per heavy atom. The number of hydrogen-bond acceptors (Lipinski definition) is 4. The first-order chi connectivity index (χ1) is 9.52. The molecule has 0 spiro atoms. The topological polar surface area (TPSA) is 72.4 Å². The Morgan fingerprint density at radius 3 is 2.70 bits per heavy atom. The third-order valence-corrected chi connectivity index (χ3v) is 4.79. The molecule has 0 aliphatic carbocycles. The van der Waals surface area contributed by atoms with E-state index in [0.717, 1.165) is 43.7 Å². The predicted octanol–water partition coefficient (Wildman–Crippen LogP) is 1.37. The Balaban J connectivity index is 2.02. The zero-order valence-corrected chi connectivity index (χ0v) is 12.8. The van der Waals surface area contributed by atoms with E-state index in [1.165, 1.54) is 5.56 Å². The second-order valence-corrected chi connectivity index (χ2v) is 6.18. The molecule has 1 aliphatic heterocycles. The molecule has 0 saturated carbocycles. The summed E-state index contributed by atoms with van der Waals surface area (Å²) in [4.78, 5) is 2.26. The number of hydrogen-bond donors (Lipinski definition) is 3. The molecule has 20 heavy (non-hydrogen) atoms. The van der Waals surface area contributed by atoms with Crippen molar-refractivity contribution in [3.63, 3.8) is 0 Å². The van der Waals surface area contributed by atoms with Crippen LogP contribution < -0.4 is 0 Å². The van der Waals surface area contributed by atoms with Gasteiger partial charge in [0.1, 0.15) is 0 Å². The van der Waals surface area contributed by atoms with Crippen LogP contribution in [-0.4, -0.2) is 51.1 Å². The second-order valence-electron chi connectivity index (χ2n) is 6.18. The highest BCUT2D eigenvalue weighted by atomic mass is 16.3. The molecular formula is C15H27N3O2. The average molecular weight is 281 g/mol. The van der Waals surface area contributed by atoms with Crippen LogP contribution >= 0.6 is 0 Å². The van der Waals surface area contributed by atoms with Gasteiger partial charge in [0.2, 0.25) is 0 Å². The molecule has 1 aromatic rings. The van der Waals surface area contributed by atoms with E-state index in [1.807, 2.05) is 13.8 Å². The summed E-state index contributed by atoms with van der Waals surface area (Å²) < 4.78 is 0. The van der Waals surface area contributed by atoms with Crippen molar-refractivity contribution in [2.75, 3.05) is 19.7 Å². The van der Waals surface area contributed by atoms with Crippen LogP contribution in [0.1, 0.15) is 43.1 Å². The smallest absolute Gasteiger partial charge is 0.0745 e. The molecule has 0 radical (unpaired) electrons. The van der Waals surface area contributed by atoms with Gasteiger partial charge in [-0.25, -0.2) is 0 Å². The zero-order chi connectivity index (χ0) is 14.8. The van der Waals surface area contributed by atoms with E-state index in [1.54, 1.807) is 0 Å². The lowest BCUT2D eigenvalue weighted by Gasteiger charge is -2.44. The van der Waals surface area contributed by atoms with Gasteiger partial charge in [-0.15, -0.1) is 0 Å². The van der Waals surface area contributed by atoms with Gasteiger partial charge in [-0.05, 0) is 33.2 Å². The highest BCUT2D eigenvalue weighted by Gasteiger charge is 2.41. The van der Waals surface area contributed by atoms with Crippen LogP contribution in [0.5, 0.6) is 0 Å². The summed E-state index contributed by atoms with van der Waals surface area (Å²) >= 11 is 0. The third-order valence-electron chi connectivity index (χ3n) is 4.79. The van der Waals surface area contributed by atoms with E-state index in [9.17, 15) is 10.2 Å². The normalized spacial score (nSPS) is 27.9. The van der Waals surface area contributed by atoms with Crippen molar-refractivity contribution in [2.24, 2.45) is 5.41 Å². The maximum Gasteiger partial charge on any atom is 0.0745 e.